The summed E-state index contributed by atoms with van der Waals surface area (Å²) in [6.45, 7) is 7.96. The van der Waals surface area contributed by atoms with Gasteiger partial charge in [0.1, 0.15) is 11.6 Å². The van der Waals surface area contributed by atoms with E-state index in [1.165, 1.54) is 13.8 Å². The van der Waals surface area contributed by atoms with Gasteiger partial charge in [-0.3, -0.25) is 4.79 Å². The fraction of sp³-hybridized carbons (Fsp3) is 0.786. The number of carboxylic acid groups (broad SMARTS) is 2. The highest BCUT2D eigenvalue weighted by molar-refractivity contribution is 5.82. The molecule has 0 aromatic carbocycles. The highest BCUT2D eigenvalue weighted by atomic mass is 16.6. The maximum Gasteiger partial charge on any atom is 0.408 e. The Morgan fingerprint density at radius 1 is 1.09 bits per heavy atom. The highest BCUT2D eigenvalue weighted by Crippen LogP contribution is 2.34. The molecule has 0 saturated heterocycles. The van der Waals surface area contributed by atoms with Gasteiger partial charge in [0.15, 0.2) is 0 Å². The van der Waals surface area contributed by atoms with Crippen LogP contribution in [-0.2, 0) is 14.3 Å². The molecular weight excluding hydrogens is 292 g/mol. The summed E-state index contributed by atoms with van der Waals surface area (Å²) in [6, 6.07) is -1.42. The zero-order chi connectivity index (χ0) is 17.7. The molecule has 22 heavy (non-hydrogen) atoms. The van der Waals surface area contributed by atoms with Crippen molar-refractivity contribution in [1.29, 1.82) is 0 Å². The molecule has 1 unspecified atom stereocenters. The van der Waals surface area contributed by atoms with Crippen molar-refractivity contribution in [3.05, 3.63) is 0 Å². The summed E-state index contributed by atoms with van der Waals surface area (Å²) < 4.78 is 5.03. The molecule has 0 aliphatic heterocycles. The van der Waals surface area contributed by atoms with E-state index in [0.717, 1.165) is 0 Å². The van der Waals surface area contributed by atoms with Gasteiger partial charge in [0.05, 0.1) is 5.92 Å². The largest absolute Gasteiger partial charge is 0.481 e. The molecule has 0 fully saturated rings. The molecule has 0 saturated carbocycles. The third-order valence-corrected chi connectivity index (χ3v) is 3.30. The topological polar surface area (TPSA) is 139 Å². The molecule has 0 aromatic rings. The normalized spacial score (nSPS) is 14.8. The van der Waals surface area contributed by atoms with Crippen LogP contribution in [0.1, 0.15) is 41.0 Å². The number of ether oxygens (including phenoxy) is 1. The van der Waals surface area contributed by atoms with Crippen molar-refractivity contribution in [3.8, 4) is 0 Å². The number of rotatable bonds is 7. The molecular formula is C14H26N2O6. The van der Waals surface area contributed by atoms with Gasteiger partial charge in [-0.05, 0) is 33.7 Å². The number of hydrogen-bond donors (Lipinski definition) is 4. The van der Waals surface area contributed by atoms with Crippen molar-refractivity contribution in [2.24, 2.45) is 17.1 Å². The number of carbonyl (C=O) groups excluding carboxylic acids is 1. The molecule has 8 nitrogen and oxygen atoms in total. The lowest BCUT2D eigenvalue weighted by Gasteiger charge is -2.37. The first kappa shape index (κ1) is 20.2. The second kappa shape index (κ2) is 7.44. The Labute approximate surface area is 130 Å². The Morgan fingerprint density at radius 3 is 1.91 bits per heavy atom. The number of amides is 1. The van der Waals surface area contributed by atoms with E-state index in [9.17, 15) is 24.6 Å². The quantitative estimate of drug-likeness (QED) is 0.550. The number of hydrogen-bond acceptors (Lipinski definition) is 5. The fourth-order valence-electron chi connectivity index (χ4n) is 2.17. The van der Waals surface area contributed by atoms with Crippen molar-refractivity contribution < 1.29 is 29.3 Å². The average Bonchev–Trinajstić information content (AvgIpc) is 2.29. The summed E-state index contributed by atoms with van der Waals surface area (Å²) in [4.78, 5) is 34.7. The van der Waals surface area contributed by atoms with Crippen LogP contribution < -0.4 is 11.1 Å². The molecule has 2 atom stereocenters. The predicted molar refractivity (Wildman–Crippen MR) is 79.4 cm³/mol. The van der Waals surface area contributed by atoms with Crippen molar-refractivity contribution in [2.75, 3.05) is 6.54 Å². The molecule has 0 aliphatic carbocycles. The van der Waals surface area contributed by atoms with Crippen LogP contribution in [0.15, 0.2) is 0 Å². The van der Waals surface area contributed by atoms with Gasteiger partial charge in [-0.25, -0.2) is 9.59 Å². The van der Waals surface area contributed by atoms with E-state index in [2.05, 4.69) is 5.32 Å². The second-order valence-corrected chi connectivity index (χ2v) is 6.71. The molecule has 0 rings (SSSR count). The molecule has 0 aromatic heterocycles. The number of nitrogens with one attached hydrogen (secondary N) is 1. The molecule has 0 aliphatic rings. The van der Waals surface area contributed by atoms with Crippen molar-refractivity contribution in [3.63, 3.8) is 0 Å². The SMILES string of the molecule is CC(C)(C)OC(=O)N[C@H](C(=O)O)C(C)(C)C(CCN)C(=O)O. The van der Waals surface area contributed by atoms with Gasteiger partial charge in [-0.2, -0.15) is 0 Å². The van der Waals surface area contributed by atoms with Gasteiger partial charge in [0, 0.05) is 5.41 Å². The van der Waals surface area contributed by atoms with Crippen molar-refractivity contribution in [2.45, 2.75) is 52.7 Å². The minimum Gasteiger partial charge on any atom is -0.481 e. The van der Waals surface area contributed by atoms with E-state index in [1.807, 2.05) is 0 Å². The van der Waals surface area contributed by atoms with Crippen LogP contribution in [0.4, 0.5) is 4.79 Å². The zero-order valence-corrected chi connectivity index (χ0v) is 13.7. The summed E-state index contributed by atoms with van der Waals surface area (Å²) >= 11 is 0. The first-order valence-electron chi connectivity index (χ1n) is 6.98. The third-order valence-electron chi connectivity index (χ3n) is 3.30. The van der Waals surface area contributed by atoms with Crippen LogP contribution >= 0.6 is 0 Å². The summed E-state index contributed by atoms with van der Waals surface area (Å²) in [5.41, 5.74) is 3.35. The molecule has 0 spiro atoms. The van der Waals surface area contributed by atoms with Gasteiger partial charge in [-0.1, -0.05) is 13.8 Å². The van der Waals surface area contributed by atoms with Crippen LogP contribution in [0.2, 0.25) is 0 Å². The van der Waals surface area contributed by atoms with E-state index in [1.54, 1.807) is 20.8 Å². The number of alkyl carbamates (subject to hydrolysis) is 1. The summed E-state index contributed by atoms with van der Waals surface area (Å²) in [5, 5.41) is 20.9. The number of aliphatic carboxylic acids is 2. The van der Waals surface area contributed by atoms with E-state index in [-0.39, 0.29) is 13.0 Å². The monoisotopic (exact) mass is 318 g/mol. The highest BCUT2D eigenvalue weighted by Gasteiger charge is 2.46. The summed E-state index contributed by atoms with van der Waals surface area (Å²) in [5.74, 6) is -3.51. The van der Waals surface area contributed by atoms with Crippen LogP contribution in [0, 0.1) is 11.3 Å². The van der Waals surface area contributed by atoms with Gasteiger partial charge in [-0.15, -0.1) is 0 Å². The maximum atomic E-state index is 11.8. The van der Waals surface area contributed by atoms with E-state index >= 15 is 0 Å². The Kier molecular flexibility index (Phi) is 6.82. The Hall–Kier alpha value is -1.83. The minimum atomic E-state index is -1.42. The van der Waals surface area contributed by atoms with E-state index < -0.39 is 41.0 Å². The fourth-order valence-corrected chi connectivity index (χ4v) is 2.17. The minimum absolute atomic E-state index is 0.0964. The van der Waals surface area contributed by atoms with E-state index in [4.69, 9.17) is 10.5 Å². The maximum absolute atomic E-state index is 11.8. The molecule has 128 valence electrons. The molecule has 5 N–H and O–H groups in total. The molecule has 0 heterocycles. The lowest BCUT2D eigenvalue weighted by atomic mass is 9.71. The van der Waals surface area contributed by atoms with E-state index in [0.29, 0.717) is 0 Å². The number of nitrogens with two attached hydrogens (primary N) is 1. The standard InChI is InChI=1S/C14H26N2O6/c1-13(2,3)22-12(21)16-9(11(19)20)14(4,5)8(6-7-15)10(17)18/h8-9H,6-7,15H2,1-5H3,(H,16,21)(H,17,18)(H,19,20)/t8?,9-/m1/s1. The van der Waals surface area contributed by atoms with Gasteiger partial charge < -0.3 is 26.0 Å². The number of carboxylic acids is 2. The Bertz CT molecular complexity index is 428. The van der Waals surface area contributed by atoms with Crippen molar-refractivity contribution in [1.82, 2.24) is 5.32 Å². The Morgan fingerprint density at radius 2 is 1.59 bits per heavy atom. The third kappa shape index (κ3) is 5.88. The molecule has 8 heteroatoms. The lowest BCUT2D eigenvalue weighted by Crippen LogP contribution is -2.55. The predicted octanol–water partition coefficient (Wildman–Crippen LogP) is 1.04. The first-order chi connectivity index (χ1) is 9.82. The van der Waals surface area contributed by atoms with Gasteiger partial charge in [0.2, 0.25) is 0 Å². The van der Waals surface area contributed by atoms with Crippen LogP contribution in [-0.4, -0.2) is 46.4 Å². The summed E-state index contributed by atoms with van der Waals surface area (Å²) in [7, 11) is 0. The van der Waals surface area contributed by atoms with Crippen LogP contribution in [0.3, 0.4) is 0 Å². The van der Waals surface area contributed by atoms with Gasteiger partial charge >= 0.3 is 18.0 Å². The lowest BCUT2D eigenvalue weighted by molar-refractivity contribution is -0.151. The van der Waals surface area contributed by atoms with Crippen molar-refractivity contribution >= 4 is 18.0 Å². The van der Waals surface area contributed by atoms with Gasteiger partial charge in [0.25, 0.3) is 0 Å². The first-order valence-corrected chi connectivity index (χ1v) is 6.98. The molecule has 0 bridgehead atoms. The zero-order valence-electron chi connectivity index (χ0n) is 13.7. The second-order valence-electron chi connectivity index (χ2n) is 6.71. The number of carbonyl (C=O) groups is 3. The Balaban J connectivity index is 5.33. The molecule has 1 amide bonds. The average molecular weight is 318 g/mol. The summed E-state index contributed by atoms with van der Waals surface area (Å²) in [6.07, 6.45) is -0.813. The van der Waals surface area contributed by atoms with Crippen LogP contribution in [0.5, 0.6) is 0 Å². The molecule has 0 radical (unpaired) electrons. The van der Waals surface area contributed by atoms with Crippen LogP contribution in [0.25, 0.3) is 0 Å². The smallest absolute Gasteiger partial charge is 0.408 e.